The zero-order valence-corrected chi connectivity index (χ0v) is 13.0. The number of halogens is 2. The van der Waals surface area contributed by atoms with Crippen LogP contribution in [0.25, 0.3) is 0 Å². The zero-order valence-electron chi connectivity index (χ0n) is 11.5. The Morgan fingerprint density at radius 3 is 2.75 bits per heavy atom. The topological polar surface area (TPSA) is 55.1 Å². The van der Waals surface area contributed by atoms with E-state index >= 15 is 0 Å². The molecule has 1 fully saturated rings. The van der Waals surface area contributed by atoms with Crippen molar-refractivity contribution in [3.8, 4) is 0 Å². The van der Waals surface area contributed by atoms with Crippen molar-refractivity contribution in [1.29, 1.82) is 0 Å². The molecular formula is C15H20Cl2N2O. The van der Waals surface area contributed by atoms with E-state index in [9.17, 15) is 4.79 Å². The fourth-order valence-corrected chi connectivity index (χ4v) is 3.03. The van der Waals surface area contributed by atoms with Crippen LogP contribution in [0, 0.1) is 5.92 Å². The SMILES string of the molecule is CC(NC(=O)C[C@@H]1CCC[C@H]1N)c1ccc(Cl)c(Cl)c1. The molecule has 3 N–H and O–H groups in total. The molecule has 1 amide bonds. The average Bonchev–Trinajstić information content (AvgIpc) is 2.78. The highest BCUT2D eigenvalue weighted by Gasteiger charge is 2.26. The molecule has 1 aromatic rings. The Hall–Kier alpha value is -0.770. The van der Waals surface area contributed by atoms with Gasteiger partial charge in [-0.05, 0) is 43.4 Å². The minimum Gasteiger partial charge on any atom is -0.350 e. The van der Waals surface area contributed by atoms with E-state index in [0.29, 0.717) is 22.4 Å². The molecule has 1 aliphatic carbocycles. The quantitative estimate of drug-likeness (QED) is 0.890. The van der Waals surface area contributed by atoms with Crippen molar-refractivity contribution in [2.24, 2.45) is 11.7 Å². The van der Waals surface area contributed by atoms with Crippen LogP contribution in [0.2, 0.25) is 10.0 Å². The number of nitrogens with one attached hydrogen (secondary N) is 1. The van der Waals surface area contributed by atoms with E-state index in [4.69, 9.17) is 28.9 Å². The minimum atomic E-state index is -0.0881. The van der Waals surface area contributed by atoms with Gasteiger partial charge < -0.3 is 11.1 Å². The first-order valence-corrected chi connectivity index (χ1v) is 7.73. The molecule has 0 saturated heterocycles. The van der Waals surface area contributed by atoms with Gasteiger partial charge in [0.05, 0.1) is 16.1 Å². The number of rotatable bonds is 4. The molecule has 2 rings (SSSR count). The van der Waals surface area contributed by atoms with Gasteiger partial charge in [0.1, 0.15) is 0 Å². The standard InChI is InChI=1S/C15H20Cl2N2O/c1-9(10-5-6-12(16)13(17)7-10)19-15(20)8-11-3-2-4-14(11)18/h5-7,9,11,14H,2-4,8,18H2,1H3,(H,19,20)/t9?,11-,14+/m0/s1. The van der Waals surface area contributed by atoms with E-state index < -0.39 is 0 Å². The Morgan fingerprint density at radius 2 is 2.15 bits per heavy atom. The fraction of sp³-hybridized carbons (Fsp3) is 0.533. The normalized spacial score (nSPS) is 23.6. The molecule has 3 atom stereocenters. The maximum absolute atomic E-state index is 12.1. The van der Waals surface area contributed by atoms with Crippen molar-refractivity contribution >= 4 is 29.1 Å². The number of benzene rings is 1. The molecule has 0 bridgehead atoms. The number of nitrogens with two attached hydrogens (primary N) is 1. The monoisotopic (exact) mass is 314 g/mol. The Morgan fingerprint density at radius 1 is 1.40 bits per heavy atom. The summed E-state index contributed by atoms with van der Waals surface area (Å²) in [4.78, 5) is 12.1. The van der Waals surface area contributed by atoms with Crippen LogP contribution in [0.15, 0.2) is 18.2 Å². The number of carbonyl (C=O) groups is 1. The lowest BCUT2D eigenvalue weighted by molar-refractivity contribution is -0.122. The van der Waals surface area contributed by atoms with E-state index in [0.717, 1.165) is 24.8 Å². The van der Waals surface area contributed by atoms with Crippen LogP contribution in [0.5, 0.6) is 0 Å². The molecule has 1 saturated carbocycles. The van der Waals surface area contributed by atoms with Crippen molar-refractivity contribution in [2.45, 2.75) is 44.7 Å². The van der Waals surface area contributed by atoms with Crippen LogP contribution in [0.1, 0.15) is 44.2 Å². The molecule has 0 aromatic heterocycles. The first-order chi connectivity index (χ1) is 9.47. The summed E-state index contributed by atoms with van der Waals surface area (Å²) in [5.74, 6) is 0.363. The van der Waals surface area contributed by atoms with Crippen molar-refractivity contribution in [3.63, 3.8) is 0 Å². The van der Waals surface area contributed by atoms with Gasteiger partial charge in [-0.2, -0.15) is 0 Å². The van der Waals surface area contributed by atoms with Crippen molar-refractivity contribution in [3.05, 3.63) is 33.8 Å². The molecule has 1 unspecified atom stereocenters. The van der Waals surface area contributed by atoms with Crippen LogP contribution >= 0.6 is 23.2 Å². The van der Waals surface area contributed by atoms with E-state index in [2.05, 4.69) is 5.32 Å². The molecule has 5 heteroatoms. The Kier molecular flexibility index (Phi) is 5.30. The van der Waals surface area contributed by atoms with E-state index in [1.807, 2.05) is 13.0 Å². The maximum Gasteiger partial charge on any atom is 0.220 e. The van der Waals surface area contributed by atoms with Crippen molar-refractivity contribution in [1.82, 2.24) is 5.32 Å². The molecule has 1 aliphatic rings. The first kappa shape index (κ1) is 15.6. The smallest absolute Gasteiger partial charge is 0.220 e. The van der Waals surface area contributed by atoms with E-state index in [1.165, 1.54) is 0 Å². The molecule has 1 aromatic carbocycles. The van der Waals surface area contributed by atoms with Gasteiger partial charge in [-0.3, -0.25) is 4.79 Å². The van der Waals surface area contributed by atoms with Crippen LogP contribution in [-0.4, -0.2) is 11.9 Å². The zero-order chi connectivity index (χ0) is 14.7. The van der Waals surface area contributed by atoms with Gasteiger partial charge >= 0.3 is 0 Å². The molecule has 110 valence electrons. The van der Waals surface area contributed by atoms with Gasteiger partial charge in [-0.25, -0.2) is 0 Å². The third kappa shape index (κ3) is 3.87. The average molecular weight is 315 g/mol. The first-order valence-electron chi connectivity index (χ1n) is 6.97. The summed E-state index contributed by atoms with van der Waals surface area (Å²) in [5.41, 5.74) is 6.94. The minimum absolute atomic E-state index is 0.0472. The summed E-state index contributed by atoms with van der Waals surface area (Å²) < 4.78 is 0. The molecule has 0 spiro atoms. The molecule has 0 heterocycles. The second-order valence-corrected chi connectivity index (χ2v) is 6.34. The summed E-state index contributed by atoms with van der Waals surface area (Å²) in [7, 11) is 0. The van der Waals surface area contributed by atoms with Crippen LogP contribution < -0.4 is 11.1 Å². The van der Waals surface area contributed by atoms with Gasteiger partial charge in [0.25, 0.3) is 0 Å². The number of hydrogen-bond acceptors (Lipinski definition) is 2. The predicted molar refractivity (Wildman–Crippen MR) is 83.0 cm³/mol. The second-order valence-electron chi connectivity index (χ2n) is 5.52. The van der Waals surface area contributed by atoms with Gasteiger partial charge in [0.15, 0.2) is 0 Å². The van der Waals surface area contributed by atoms with Crippen molar-refractivity contribution < 1.29 is 4.79 Å². The maximum atomic E-state index is 12.1. The number of carbonyl (C=O) groups excluding carboxylic acids is 1. The lowest BCUT2D eigenvalue weighted by Crippen LogP contribution is -2.32. The Labute approximate surface area is 129 Å². The van der Waals surface area contributed by atoms with Crippen LogP contribution in [0.4, 0.5) is 0 Å². The number of amides is 1. The molecule has 3 nitrogen and oxygen atoms in total. The summed E-state index contributed by atoms with van der Waals surface area (Å²) in [6.45, 7) is 1.94. The fourth-order valence-electron chi connectivity index (χ4n) is 2.72. The lowest BCUT2D eigenvalue weighted by Gasteiger charge is -2.18. The van der Waals surface area contributed by atoms with Crippen LogP contribution in [-0.2, 0) is 4.79 Å². The van der Waals surface area contributed by atoms with Gasteiger partial charge in [0, 0.05) is 12.5 Å². The van der Waals surface area contributed by atoms with Gasteiger partial charge in [0.2, 0.25) is 5.91 Å². The summed E-state index contributed by atoms with van der Waals surface area (Å²) in [6.07, 6.45) is 3.71. The molecular weight excluding hydrogens is 295 g/mol. The predicted octanol–water partition coefficient (Wildman–Crippen LogP) is 3.69. The van der Waals surface area contributed by atoms with Gasteiger partial charge in [-0.1, -0.05) is 35.7 Å². The lowest BCUT2D eigenvalue weighted by atomic mass is 9.99. The second kappa shape index (κ2) is 6.79. The highest BCUT2D eigenvalue weighted by atomic mass is 35.5. The summed E-state index contributed by atoms with van der Waals surface area (Å²) in [5, 5.41) is 4.02. The summed E-state index contributed by atoms with van der Waals surface area (Å²) in [6, 6.07) is 5.49. The third-order valence-corrected chi connectivity index (χ3v) is 4.73. The molecule has 0 aliphatic heterocycles. The molecule has 20 heavy (non-hydrogen) atoms. The highest BCUT2D eigenvalue weighted by molar-refractivity contribution is 6.42. The summed E-state index contributed by atoms with van der Waals surface area (Å²) >= 11 is 11.9. The van der Waals surface area contributed by atoms with E-state index in [1.54, 1.807) is 12.1 Å². The number of hydrogen-bond donors (Lipinski definition) is 2. The van der Waals surface area contributed by atoms with Crippen LogP contribution in [0.3, 0.4) is 0 Å². The third-order valence-electron chi connectivity index (χ3n) is 3.99. The van der Waals surface area contributed by atoms with Gasteiger partial charge in [-0.15, -0.1) is 0 Å². The Balaban J connectivity index is 1.91. The largest absolute Gasteiger partial charge is 0.350 e. The highest BCUT2D eigenvalue weighted by Crippen LogP contribution is 2.28. The Bertz CT molecular complexity index is 493. The van der Waals surface area contributed by atoms with E-state index in [-0.39, 0.29) is 18.0 Å². The molecule has 0 radical (unpaired) electrons. The van der Waals surface area contributed by atoms with Crippen molar-refractivity contribution in [2.75, 3.05) is 0 Å².